The number of aliphatic hydroxyl groups is 1. The molecule has 0 saturated carbocycles. The van der Waals surface area contributed by atoms with Gasteiger partial charge in [0, 0.05) is 19.7 Å². The van der Waals surface area contributed by atoms with E-state index in [0.29, 0.717) is 18.5 Å². The molecular formula is C14H21NO5S. The maximum Gasteiger partial charge on any atom is 0.337 e. The van der Waals surface area contributed by atoms with Crippen molar-refractivity contribution < 1.29 is 23.1 Å². The third-order valence-electron chi connectivity index (χ3n) is 3.15. The Morgan fingerprint density at radius 1 is 1.38 bits per heavy atom. The summed E-state index contributed by atoms with van der Waals surface area (Å²) in [7, 11) is -2.46. The van der Waals surface area contributed by atoms with Crippen molar-refractivity contribution in [3.8, 4) is 0 Å². The highest BCUT2D eigenvalue weighted by molar-refractivity contribution is 7.89. The highest BCUT2D eigenvalue weighted by atomic mass is 32.2. The zero-order chi connectivity index (χ0) is 16.0. The summed E-state index contributed by atoms with van der Waals surface area (Å²) in [4.78, 5) is 11.6. The van der Waals surface area contributed by atoms with E-state index in [9.17, 15) is 13.2 Å². The summed E-state index contributed by atoms with van der Waals surface area (Å²) in [6.07, 6.45) is 0.364. The summed E-state index contributed by atoms with van der Waals surface area (Å²) in [5, 5.41) is 8.87. The second-order valence-electron chi connectivity index (χ2n) is 4.55. The fraction of sp³-hybridized carbons (Fsp3) is 0.500. The normalized spacial score (nSPS) is 11.7. The van der Waals surface area contributed by atoms with Gasteiger partial charge in [-0.3, -0.25) is 0 Å². The summed E-state index contributed by atoms with van der Waals surface area (Å²) in [6.45, 7) is 3.86. The Hall–Kier alpha value is -1.44. The van der Waals surface area contributed by atoms with Crippen molar-refractivity contribution >= 4 is 16.0 Å². The van der Waals surface area contributed by atoms with Crippen LogP contribution in [0.4, 0.5) is 0 Å². The van der Waals surface area contributed by atoms with Crippen LogP contribution in [0.15, 0.2) is 23.1 Å². The number of hydrogen-bond acceptors (Lipinski definition) is 5. The SMILES string of the molecule is CCN(CCCO)S(=O)(=O)c1cc(C(=O)OC)ccc1C. The Bertz CT molecular complexity index is 597. The van der Waals surface area contributed by atoms with E-state index >= 15 is 0 Å². The topological polar surface area (TPSA) is 83.9 Å². The first-order chi connectivity index (χ1) is 9.88. The first-order valence-electron chi connectivity index (χ1n) is 6.68. The third kappa shape index (κ3) is 4.03. The molecule has 0 atom stereocenters. The van der Waals surface area contributed by atoms with Gasteiger partial charge in [0.15, 0.2) is 0 Å². The lowest BCUT2D eigenvalue weighted by atomic mass is 10.1. The van der Waals surface area contributed by atoms with Crippen LogP contribution >= 0.6 is 0 Å². The molecule has 0 saturated heterocycles. The zero-order valence-corrected chi connectivity index (χ0v) is 13.3. The molecule has 1 N–H and O–H groups in total. The predicted octanol–water partition coefficient (Wildman–Crippen LogP) is 1.17. The number of esters is 1. The molecule has 7 heteroatoms. The molecule has 0 aliphatic heterocycles. The summed E-state index contributed by atoms with van der Waals surface area (Å²) in [6, 6.07) is 4.45. The third-order valence-corrected chi connectivity index (χ3v) is 5.26. The maximum atomic E-state index is 12.6. The average molecular weight is 315 g/mol. The van der Waals surface area contributed by atoms with Crippen LogP contribution in [0.2, 0.25) is 0 Å². The van der Waals surface area contributed by atoms with Crippen LogP contribution in [0.5, 0.6) is 0 Å². The van der Waals surface area contributed by atoms with E-state index < -0.39 is 16.0 Å². The molecule has 0 fully saturated rings. The van der Waals surface area contributed by atoms with Crippen LogP contribution in [-0.4, -0.2) is 50.6 Å². The molecule has 6 nitrogen and oxygen atoms in total. The predicted molar refractivity (Wildman–Crippen MR) is 78.7 cm³/mol. The Morgan fingerprint density at radius 2 is 2.05 bits per heavy atom. The van der Waals surface area contributed by atoms with Gasteiger partial charge in [0.05, 0.1) is 17.6 Å². The van der Waals surface area contributed by atoms with E-state index in [-0.39, 0.29) is 23.6 Å². The number of aryl methyl sites for hydroxylation is 1. The average Bonchev–Trinajstić information content (AvgIpc) is 2.47. The number of hydrogen-bond donors (Lipinski definition) is 1. The fourth-order valence-corrected chi connectivity index (χ4v) is 3.70. The lowest BCUT2D eigenvalue weighted by Crippen LogP contribution is -2.32. The molecule has 21 heavy (non-hydrogen) atoms. The van der Waals surface area contributed by atoms with E-state index in [2.05, 4.69) is 4.74 Å². The van der Waals surface area contributed by atoms with Gasteiger partial charge in [-0.15, -0.1) is 0 Å². The molecule has 0 aliphatic carbocycles. The highest BCUT2D eigenvalue weighted by Gasteiger charge is 2.25. The fourth-order valence-electron chi connectivity index (χ4n) is 1.96. The first kappa shape index (κ1) is 17.6. The number of rotatable bonds is 7. The molecule has 0 aliphatic rings. The first-order valence-corrected chi connectivity index (χ1v) is 8.12. The minimum Gasteiger partial charge on any atom is -0.465 e. The van der Waals surface area contributed by atoms with Crippen molar-refractivity contribution in [2.45, 2.75) is 25.2 Å². The number of carbonyl (C=O) groups is 1. The summed E-state index contributed by atoms with van der Waals surface area (Å²) in [5.74, 6) is -0.579. The van der Waals surface area contributed by atoms with Crippen molar-refractivity contribution in [2.75, 3.05) is 26.8 Å². The molecule has 0 unspecified atom stereocenters. The monoisotopic (exact) mass is 315 g/mol. The molecule has 0 radical (unpaired) electrons. The van der Waals surface area contributed by atoms with E-state index in [1.54, 1.807) is 19.9 Å². The number of carbonyl (C=O) groups excluding carboxylic acids is 1. The van der Waals surface area contributed by atoms with Gasteiger partial charge in [0.25, 0.3) is 0 Å². The standard InChI is InChI=1S/C14H21NO5S/c1-4-15(8-5-9-16)21(18,19)13-10-12(14(17)20-3)7-6-11(13)2/h6-7,10,16H,4-5,8-9H2,1-3H3. The highest BCUT2D eigenvalue weighted by Crippen LogP contribution is 2.22. The lowest BCUT2D eigenvalue weighted by molar-refractivity contribution is 0.0600. The molecule has 1 aromatic rings. The Kier molecular flexibility index (Phi) is 6.32. The smallest absolute Gasteiger partial charge is 0.337 e. The van der Waals surface area contributed by atoms with Gasteiger partial charge >= 0.3 is 5.97 Å². The second-order valence-corrected chi connectivity index (χ2v) is 6.45. The van der Waals surface area contributed by atoms with E-state index in [4.69, 9.17) is 5.11 Å². The van der Waals surface area contributed by atoms with Crippen LogP contribution in [0, 0.1) is 6.92 Å². The van der Waals surface area contributed by atoms with Gasteiger partial charge in [-0.25, -0.2) is 13.2 Å². The minimum absolute atomic E-state index is 0.0762. The number of aliphatic hydroxyl groups excluding tert-OH is 1. The molecule has 0 heterocycles. The molecule has 118 valence electrons. The van der Waals surface area contributed by atoms with Crippen molar-refractivity contribution in [2.24, 2.45) is 0 Å². The van der Waals surface area contributed by atoms with Crippen molar-refractivity contribution in [1.29, 1.82) is 0 Å². The van der Waals surface area contributed by atoms with Gasteiger partial charge in [-0.05, 0) is 31.0 Å². The quantitative estimate of drug-likeness (QED) is 0.764. The Morgan fingerprint density at radius 3 is 2.57 bits per heavy atom. The van der Waals surface area contributed by atoms with Crippen LogP contribution in [0.25, 0.3) is 0 Å². The summed E-state index contributed by atoms with van der Waals surface area (Å²) < 4.78 is 31.2. The van der Waals surface area contributed by atoms with Gasteiger partial charge in [-0.1, -0.05) is 13.0 Å². The van der Waals surface area contributed by atoms with Gasteiger partial charge in [0.1, 0.15) is 0 Å². The van der Waals surface area contributed by atoms with Crippen LogP contribution < -0.4 is 0 Å². The van der Waals surface area contributed by atoms with E-state index in [1.807, 2.05) is 0 Å². The number of methoxy groups -OCH3 is 1. The van der Waals surface area contributed by atoms with Crippen molar-refractivity contribution in [3.05, 3.63) is 29.3 Å². The van der Waals surface area contributed by atoms with Crippen LogP contribution in [0.3, 0.4) is 0 Å². The minimum atomic E-state index is -3.70. The number of benzene rings is 1. The largest absolute Gasteiger partial charge is 0.465 e. The lowest BCUT2D eigenvalue weighted by Gasteiger charge is -2.21. The number of ether oxygens (including phenoxy) is 1. The van der Waals surface area contributed by atoms with Crippen LogP contribution in [0.1, 0.15) is 29.3 Å². The maximum absolute atomic E-state index is 12.6. The molecule has 0 bridgehead atoms. The molecule has 0 amide bonds. The Labute approximate surface area is 125 Å². The molecule has 0 spiro atoms. The molecule has 1 rings (SSSR count). The van der Waals surface area contributed by atoms with Crippen LogP contribution in [-0.2, 0) is 14.8 Å². The summed E-state index contributed by atoms with van der Waals surface area (Å²) >= 11 is 0. The van der Waals surface area contributed by atoms with Gasteiger partial charge in [-0.2, -0.15) is 4.31 Å². The van der Waals surface area contributed by atoms with Crippen molar-refractivity contribution in [1.82, 2.24) is 4.31 Å². The molecule has 0 aromatic heterocycles. The molecular weight excluding hydrogens is 294 g/mol. The second kappa shape index (κ2) is 7.53. The van der Waals surface area contributed by atoms with E-state index in [1.165, 1.54) is 23.5 Å². The number of sulfonamides is 1. The van der Waals surface area contributed by atoms with E-state index in [0.717, 1.165) is 0 Å². The zero-order valence-electron chi connectivity index (χ0n) is 12.5. The van der Waals surface area contributed by atoms with Gasteiger partial charge < -0.3 is 9.84 Å². The molecule has 1 aromatic carbocycles. The number of nitrogens with zero attached hydrogens (tertiary/aromatic N) is 1. The summed E-state index contributed by atoms with van der Waals surface area (Å²) in [5.41, 5.74) is 0.755. The van der Waals surface area contributed by atoms with Gasteiger partial charge in [0.2, 0.25) is 10.0 Å². The Balaban J connectivity index is 3.26. The van der Waals surface area contributed by atoms with Crippen molar-refractivity contribution in [3.63, 3.8) is 0 Å².